The largest absolute Gasteiger partial charge is 0.389 e. The van der Waals surface area contributed by atoms with Gasteiger partial charge in [-0.05, 0) is 25.0 Å². The molecule has 1 unspecified atom stereocenters. The molecular weight excluding hydrogens is 155 g/mol. The van der Waals surface area contributed by atoms with Crippen LogP contribution in [-0.4, -0.2) is 18.9 Å². The highest BCUT2D eigenvalue weighted by molar-refractivity contribution is 5.58. The Morgan fingerprint density at radius 2 is 2.18 bits per heavy atom. The van der Waals surface area contributed by atoms with E-state index in [9.17, 15) is 13.2 Å². The van der Waals surface area contributed by atoms with Gasteiger partial charge in [-0.3, -0.25) is 4.99 Å². The van der Waals surface area contributed by atoms with Crippen LogP contribution in [0.15, 0.2) is 4.99 Å². The Labute approximate surface area is 63.3 Å². The fraction of sp³-hybridized carbons (Fsp3) is 0.857. The fourth-order valence-electron chi connectivity index (χ4n) is 1.20. The highest BCUT2D eigenvalue weighted by Crippen LogP contribution is 2.28. The number of hydrogen-bond donors (Lipinski definition) is 0. The first-order valence-corrected chi connectivity index (χ1v) is 3.63. The molecule has 0 N–H and O–H groups in total. The molecule has 0 saturated heterocycles. The fourth-order valence-corrected chi connectivity index (χ4v) is 1.20. The van der Waals surface area contributed by atoms with Crippen molar-refractivity contribution < 1.29 is 13.2 Å². The molecule has 0 aromatic carbocycles. The van der Waals surface area contributed by atoms with Crippen molar-refractivity contribution in [1.82, 2.24) is 0 Å². The van der Waals surface area contributed by atoms with Crippen LogP contribution in [0.2, 0.25) is 0 Å². The molecule has 0 aliphatic carbocycles. The Morgan fingerprint density at radius 1 is 1.45 bits per heavy atom. The van der Waals surface area contributed by atoms with Gasteiger partial charge in [0, 0.05) is 13.0 Å². The molecule has 0 bridgehead atoms. The summed E-state index contributed by atoms with van der Waals surface area (Å²) in [6.07, 6.45) is -2.00. The summed E-state index contributed by atoms with van der Waals surface area (Å²) in [5.41, 5.74) is 0. The van der Waals surface area contributed by atoms with Gasteiger partial charge in [-0.25, -0.2) is 0 Å². The van der Waals surface area contributed by atoms with E-state index in [4.69, 9.17) is 0 Å². The molecule has 0 saturated carbocycles. The first kappa shape index (κ1) is 8.56. The van der Waals surface area contributed by atoms with Crippen molar-refractivity contribution in [1.29, 1.82) is 0 Å². The van der Waals surface area contributed by atoms with Crippen LogP contribution < -0.4 is 0 Å². The quantitative estimate of drug-likeness (QED) is 0.565. The molecule has 0 aromatic heterocycles. The van der Waals surface area contributed by atoms with Gasteiger partial charge in [0.1, 0.15) is 0 Å². The normalized spacial score (nSPS) is 25.5. The van der Waals surface area contributed by atoms with Crippen LogP contribution in [0.4, 0.5) is 13.2 Å². The zero-order chi connectivity index (χ0) is 8.32. The Balaban J connectivity index is 2.32. The SMILES string of the molecule is FC(F)(F)CC1CC=NCC1. The number of hydrogen-bond acceptors (Lipinski definition) is 1. The smallest absolute Gasteiger partial charge is 0.298 e. The monoisotopic (exact) mass is 165 g/mol. The van der Waals surface area contributed by atoms with Crippen molar-refractivity contribution in [3.8, 4) is 0 Å². The Bertz CT molecular complexity index is 150. The molecule has 0 spiro atoms. The maximum Gasteiger partial charge on any atom is 0.389 e. The minimum Gasteiger partial charge on any atom is -0.298 e. The molecule has 1 atom stereocenters. The van der Waals surface area contributed by atoms with Gasteiger partial charge >= 0.3 is 6.18 Å². The van der Waals surface area contributed by atoms with E-state index in [1.165, 1.54) is 0 Å². The van der Waals surface area contributed by atoms with Crippen LogP contribution in [-0.2, 0) is 0 Å². The second-order valence-corrected chi connectivity index (χ2v) is 2.80. The first-order valence-electron chi connectivity index (χ1n) is 3.63. The van der Waals surface area contributed by atoms with Crippen LogP contribution in [0.25, 0.3) is 0 Å². The topological polar surface area (TPSA) is 12.4 Å². The lowest BCUT2D eigenvalue weighted by Crippen LogP contribution is -2.18. The second-order valence-electron chi connectivity index (χ2n) is 2.80. The van der Waals surface area contributed by atoms with Crippen molar-refractivity contribution in [2.75, 3.05) is 6.54 Å². The summed E-state index contributed by atoms with van der Waals surface area (Å²) < 4.78 is 35.4. The van der Waals surface area contributed by atoms with Gasteiger partial charge in [-0.15, -0.1) is 0 Å². The van der Waals surface area contributed by atoms with E-state index in [0.717, 1.165) is 0 Å². The third-order valence-corrected chi connectivity index (χ3v) is 1.75. The summed E-state index contributed by atoms with van der Waals surface area (Å²) in [7, 11) is 0. The summed E-state index contributed by atoms with van der Waals surface area (Å²) in [4.78, 5) is 3.86. The van der Waals surface area contributed by atoms with E-state index in [0.29, 0.717) is 19.4 Å². The maximum atomic E-state index is 11.8. The number of nitrogens with zero attached hydrogens (tertiary/aromatic N) is 1. The average molecular weight is 165 g/mol. The van der Waals surface area contributed by atoms with Gasteiger partial charge in [-0.1, -0.05) is 0 Å². The molecule has 4 heteroatoms. The molecule has 0 aromatic rings. The van der Waals surface area contributed by atoms with Gasteiger partial charge < -0.3 is 0 Å². The molecular formula is C7H10F3N. The molecule has 64 valence electrons. The van der Waals surface area contributed by atoms with E-state index >= 15 is 0 Å². The van der Waals surface area contributed by atoms with Gasteiger partial charge in [0.15, 0.2) is 0 Å². The van der Waals surface area contributed by atoms with Crippen LogP contribution in [0, 0.1) is 5.92 Å². The number of alkyl halides is 3. The molecule has 1 aliphatic heterocycles. The van der Waals surface area contributed by atoms with Crippen molar-refractivity contribution in [3.63, 3.8) is 0 Å². The van der Waals surface area contributed by atoms with Crippen molar-refractivity contribution in [2.24, 2.45) is 10.9 Å². The van der Waals surface area contributed by atoms with Crippen LogP contribution in [0.1, 0.15) is 19.3 Å². The molecule has 1 heterocycles. The van der Waals surface area contributed by atoms with Crippen molar-refractivity contribution >= 4 is 6.21 Å². The zero-order valence-electron chi connectivity index (χ0n) is 6.06. The van der Waals surface area contributed by atoms with Gasteiger partial charge in [0.25, 0.3) is 0 Å². The summed E-state index contributed by atoms with van der Waals surface area (Å²) in [6, 6.07) is 0. The predicted molar refractivity (Wildman–Crippen MR) is 36.8 cm³/mol. The van der Waals surface area contributed by atoms with Gasteiger partial charge in [0.2, 0.25) is 0 Å². The standard InChI is InChI=1S/C7H10F3N/c8-7(9,10)5-6-1-3-11-4-2-6/h3,6H,1-2,4-5H2. The van der Waals surface area contributed by atoms with Gasteiger partial charge in [-0.2, -0.15) is 13.2 Å². The minimum absolute atomic E-state index is 0.229. The zero-order valence-corrected chi connectivity index (χ0v) is 6.06. The Kier molecular flexibility index (Phi) is 2.52. The molecule has 1 nitrogen and oxygen atoms in total. The highest BCUT2D eigenvalue weighted by atomic mass is 19.4. The summed E-state index contributed by atoms with van der Waals surface area (Å²) >= 11 is 0. The third kappa shape index (κ3) is 3.39. The first-order chi connectivity index (χ1) is 5.08. The van der Waals surface area contributed by atoms with E-state index < -0.39 is 12.6 Å². The molecule has 1 aliphatic rings. The number of aliphatic imine (C=N–C) groups is 1. The van der Waals surface area contributed by atoms with Crippen LogP contribution in [0.5, 0.6) is 0 Å². The third-order valence-electron chi connectivity index (χ3n) is 1.75. The summed E-state index contributed by atoms with van der Waals surface area (Å²) in [5.74, 6) is -0.229. The average Bonchev–Trinajstić information content (AvgIpc) is 1.85. The lowest BCUT2D eigenvalue weighted by Gasteiger charge is -2.18. The lowest BCUT2D eigenvalue weighted by molar-refractivity contribution is -0.144. The molecule has 1 rings (SSSR count). The van der Waals surface area contributed by atoms with E-state index in [-0.39, 0.29) is 5.92 Å². The second kappa shape index (κ2) is 3.24. The molecule has 0 radical (unpaired) electrons. The summed E-state index contributed by atoms with van der Waals surface area (Å²) in [6.45, 7) is 0.556. The predicted octanol–water partition coefficient (Wildman–Crippen LogP) is 2.42. The van der Waals surface area contributed by atoms with Crippen LogP contribution >= 0.6 is 0 Å². The summed E-state index contributed by atoms with van der Waals surface area (Å²) in [5, 5.41) is 0. The van der Waals surface area contributed by atoms with E-state index in [1.807, 2.05) is 0 Å². The van der Waals surface area contributed by atoms with E-state index in [1.54, 1.807) is 6.21 Å². The lowest BCUT2D eigenvalue weighted by atomic mass is 9.96. The highest BCUT2D eigenvalue weighted by Gasteiger charge is 2.31. The number of rotatable bonds is 1. The minimum atomic E-state index is -4.00. The van der Waals surface area contributed by atoms with Crippen molar-refractivity contribution in [2.45, 2.75) is 25.4 Å². The maximum absolute atomic E-state index is 11.8. The van der Waals surface area contributed by atoms with Gasteiger partial charge in [0.05, 0.1) is 0 Å². The van der Waals surface area contributed by atoms with Crippen molar-refractivity contribution in [3.05, 3.63) is 0 Å². The Morgan fingerprint density at radius 3 is 2.64 bits per heavy atom. The van der Waals surface area contributed by atoms with E-state index in [2.05, 4.69) is 4.99 Å². The number of halogens is 3. The Hall–Kier alpha value is -0.540. The molecule has 0 amide bonds. The van der Waals surface area contributed by atoms with Crippen LogP contribution in [0.3, 0.4) is 0 Å². The molecule has 11 heavy (non-hydrogen) atoms. The molecule has 0 fully saturated rings.